The van der Waals surface area contributed by atoms with Crippen molar-refractivity contribution in [1.29, 1.82) is 5.26 Å². The molecule has 19 heavy (non-hydrogen) atoms. The van der Waals surface area contributed by atoms with E-state index in [9.17, 15) is 4.79 Å². The molecule has 1 aromatic rings. The molecule has 1 aromatic carbocycles. The Kier molecular flexibility index (Phi) is 4.72. The average molecular weight is 258 g/mol. The fraction of sp³-hybridized carbons (Fsp3) is 0.500. The van der Waals surface area contributed by atoms with Crippen molar-refractivity contribution in [2.45, 2.75) is 52.5 Å². The first kappa shape index (κ1) is 15.2. The lowest BCUT2D eigenvalue weighted by Gasteiger charge is -2.29. The van der Waals surface area contributed by atoms with Crippen molar-refractivity contribution in [3.05, 3.63) is 34.9 Å². The molecule has 0 aliphatic carbocycles. The largest absolute Gasteiger partial charge is 0.346 e. The quantitative estimate of drug-likeness (QED) is 0.900. The van der Waals surface area contributed by atoms with Gasteiger partial charge in [-0.05, 0) is 43.4 Å². The molecule has 0 fully saturated rings. The molecule has 0 radical (unpaired) electrons. The van der Waals surface area contributed by atoms with E-state index in [4.69, 9.17) is 5.26 Å². The van der Waals surface area contributed by atoms with E-state index in [1.807, 2.05) is 26.8 Å². The van der Waals surface area contributed by atoms with E-state index in [1.165, 1.54) is 5.56 Å². The van der Waals surface area contributed by atoms with Crippen molar-refractivity contribution >= 4 is 5.91 Å². The first-order valence-corrected chi connectivity index (χ1v) is 6.57. The van der Waals surface area contributed by atoms with Crippen molar-refractivity contribution in [2.24, 2.45) is 0 Å². The number of benzene rings is 1. The van der Waals surface area contributed by atoms with E-state index in [0.29, 0.717) is 5.92 Å². The summed E-state index contributed by atoms with van der Waals surface area (Å²) < 4.78 is 0. The van der Waals surface area contributed by atoms with Crippen molar-refractivity contribution in [2.75, 3.05) is 0 Å². The summed E-state index contributed by atoms with van der Waals surface area (Å²) in [4.78, 5) is 11.6. The van der Waals surface area contributed by atoms with E-state index in [-0.39, 0.29) is 12.3 Å². The molecule has 0 spiro atoms. The Bertz CT molecular complexity index is 510. The number of nitrogens with one attached hydrogen (secondary N) is 1. The van der Waals surface area contributed by atoms with Gasteiger partial charge in [-0.3, -0.25) is 4.79 Å². The molecular formula is C16H22N2O. The Labute approximate surface area is 115 Å². The number of rotatable bonds is 4. The van der Waals surface area contributed by atoms with Crippen LogP contribution in [0.25, 0.3) is 0 Å². The number of carbonyl (C=O) groups excluding carboxylic acids is 1. The van der Waals surface area contributed by atoms with Gasteiger partial charge in [0.1, 0.15) is 6.42 Å². The minimum absolute atomic E-state index is 0.105. The van der Waals surface area contributed by atoms with E-state index in [2.05, 4.69) is 37.4 Å². The summed E-state index contributed by atoms with van der Waals surface area (Å²) in [7, 11) is 0. The molecule has 1 rings (SSSR count). The van der Waals surface area contributed by atoms with Gasteiger partial charge in [-0.2, -0.15) is 5.26 Å². The van der Waals surface area contributed by atoms with Gasteiger partial charge in [0.25, 0.3) is 0 Å². The summed E-state index contributed by atoms with van der Waals surface area (Å²) in [5.74, 6) is 0.215. The summed E-state index contributed by atoms with van der Waals surface area (Å²) >= 11 is 0. The molecule has 1 amide bonds. The van der Waals surface area contributed by atoms with Crippen molar-refractivity contribution in [3.63, 3.8) is 0 Å². The second kappa shape index (κ2) is 5.88. The van der Waals surface area contributed by atoms with Crippen LogP contribution in [0.15, 0.2) is 18.2 Å². The summed E-state index contributed by atoms with van der Waals surface area (Å²) in [6.07, 6.45) is -0.105. The molecule has 3 heteroatoms. The second-order valence-electron chi connectivity index (χ2n) is 5.74. The summed E-state index contributed by atoms with van der Waals surface area (Å²) in [5.41, 5.74) is 3.03. The Balaban J connectivity index is 3.09. The Hall–Kier alpha value is -1.82. The minimum atomic E-state index is -0.469. The molecule has 0 unspecified atom stereocenters. The standard InChI is InChI=1S/C16H22N2O/c1-11(2)13-7-6-12(3)14(10-13)16(4,5)18-15(19)8-9-17/h6-7,10-11H,8H2,1-5H3,(H,18,19). The molecule has 0 bridgehead atoms. The minimum Gasteiger partial charge on any atom is -0.346 e. The average Bonchev–Trinajstić information content (AvgIpc) is 2.28. The summed E-state index contributed by atoms with van der Waals surface area (Å²) in [6.45, 7) is 10.3. The van der Waals surface area contributed by atoms with Crippen LogP contribution in [0.4, 0.5) is 0 Å². The third-order valence-corrected chi connectivity index (χ3v) is 3.29. The molecule has 102 valence electrons. The third-order valence-electron chi connectivity index (χ3n) is 3.29. The van der Waals surface area contributed by atoms with E-state index in [0.717, 1.165) is 11.1 Å². The molecule has 0 saturated carbocycles. The lowest BCUT2D eigenvalue weighted by Crippen LogP contribution is -2.41. The zero-order valence-corrected chi connectivity index (χ0v) is 12.4. The Morgan fingerprint density at radius 1 is 1.42 bits per heavy atom. The van der Waals surface area contributed by atoms with Crippen molar-refractivity contribution < 1.29 is 4.79 Å². The number of hydrogen-bond acceptors (Lipinski definition) is 2. The van der Waals surface area contributed by atoms with Crippen LogP contribution in [-0.4, -0.2) is 5.91 Å². The highest BCUT2D eigenvalue weighted by Crippen LogP contribution is 2.27. The number of amides is 1. The number of nitriles is 1. The van der Waals surface area contributed by atoms with Gasteiger partial charge < -0.3 is 5.32 Å². The molecule has 0 saturated heterocycles. The van der Waals surface area contributed by atoms with Crippen LogP contribution in [-0.2, 0) is 10.3 Å². The SMILES string of the molecule is Cc1ccc(C(C)C)cc1C(C)(C)NC(=O)CC#N. The maximum Gasteiger partial charge on any atom is 0.234 e. The highest BCUT2D eigenvalue weighted by Gasteiger charge is 2.24. The topological polar surface area (TPSA) is 52.9 Å². The van der Waals surface area contributed by atoms with E-state index in [1.54, 1.807) is 0 Å². The number of aryl methyl sites for hydroxylation is 1. The van der Waals surface area contributed by atoms with Crippen LogP contribution in [0.5, 0.6) is 0 Å². The van der Waals surface area contributed by atoms with Crippen LogP contribution in [0, 0.1) is 18.3 Å². The van der Waals surface area contributed by atoms with E-state index >= 15 is 0 Å². The molecule has 0 heterocycles. The smallest absolute Gasteiger partial charge is 0.234 e. The Morgan fingerprint density at radius 2 is 2.05 bits per heavy atom. The van der Waals surface area contributed by atoms with Gasteiger partial charge in [-0.1, -0.05) is 32.0 Å². The van der Waals surface area contributed by atoms with Gasteiger partial charge in [0.05, 0.1) is 11.6 Å². The van der Waals surface area contributed by atoms with Gasteiger partial charge in [-0.15, -0.1) is 0 Å². The lowest BCUT2D eigenvalue weighted by molar-refractivity contribution is -0.121. The van der Waals surface area contributed by atoms with Crippen molar-refractivity contribution in [3.8, 4) is 6.07 Å². The predicted octanol–water partition coefficient (Wildman–Crippen LogP) is 3.38. The van der Waals surface area contributed by atoms with Crippen LogP contribution >= 0.6 is 0 Å². The maximum atomic E-state index is 11.6. The van der Waals surface area contributed by atoms with Crippen LogP contribution in [0.2, 0.25) is 0 Å². The number of hydrogen-bond donors (Lipinski definition) is 1. The van der Waals surface area contributed by atoms with Gasteiger partial charge in [0, 0.05) is 0 Å². The first-order valence-electron chi connectivity index (χ1n) is 6.57. The Morgan fingerprint density at radius 3 is 2.58 bits per heavy atom. The molecule has 0 atom stereocenters. The molecule has 3 nitrogen and oxygen atoms in total. The van der Waals surface area contributed by atoms with Crippen LogP contribution < -0.4 is 5.32 Å². The first-order chi connectivity index (χ1) is 8.77. The van der Waals surface area contributed by atoms with Gasteiger partial charge in [0.15, 0.2) is 0 Å². The van der Waals surface area contributed by atoms with Crippen LogP contribution in [0.1, 0.15) is 56.7 Å². The highest BCUT2D eigenvalue weighted by atomic mass is 16.1. The third kappa shape index (κ3) is 3.82. The predicted molar refractivity (Wildman–Crippen MR) is 76.7 cm³/mol. The molecule has 0 aromatic heterocycles. The molecular weight excluding hydrogens is 236 g/mol. The van der Waals surface area contributed by atoms with Crippen LogP contribution in [0.3, 0.4) is 0 Å². The molecule has 1 N–H and O–H groups in total. The highest BCUT2D eigenvalue weighted by molar-refractivity contribution is 5.79. The maximum absolute atomic E-state index is 11.6. The van der Waals surface area contributed by atoms with Gasteiger partial charge in [0.2, 0.25) is 5.91 Å². The normalized spacial score (nSPS) is 11.2. The zero-order valence-electron chi connectivity index (χ0n) is 12.4. The number of nitrogens with zero attached hydrogens (tertiary/aromatic N) is 1. The van der Waals surface area contributed by atoms with Crippen molar-refractivity contribution in [1.82, 2.24) is 5.32 Å². The molecule has 0 aliphatic rings. The van der Waals surface area contributed by atoms with E-state index < -0.39 is 5.54 Å². The monoisotopic (exact) mass is 258 g/mol. The zero-order chi connectivity index (χ0) is 14.6. The lowest BCUT2D eigenvalue weighted by atomic mass is 9.87. The van der Waals surface area contributed by atoms with Gasteiger partial charge >= 0.3 is 0 Å². The summed E-state index contributed by atoms with van der Waals surface area (Å²) in [5, 5.41) is 11.5. The second-order valence-corrected chi connectivity index (χ2v) is 5.74. The fourth-order valence-electron chi connectivity index (χ4n) is 2.20. The molecule has 0 aliphatic heterocycles. The number of carbonyl (C=O) groups is 1. The summed E-state index contributed by atoms with van der Waals surface area (Å²) in [6, 6.07) is 8.23. The van der Waals surface area contributed by atoms with Gasteiger partial charge in [-0.25, -0.2) is 0 Å². The fourth-order valence-corrected chi connectivity index (χ4v) is 2.20.